The molecule has 4 nitrogen and oxygen atoms in total. The fourth-order valence-corrected chi connectivity index (χ4v) is 3.38. The van der Waals surface area contributed by atoms with Gasteiger partial charge in [-0.05, 0) is 48.9 Å². The number of amides is 1. The Bertz CT molecular complexity index is 1200. The van der Waals surface area contributed by atoms with Crippen molar-refractivity contribution in [1.82, 2.24) is 0 Å². The van der Waals surface area contributed by atoms with Gasteiger partial charge in [0.05, 0.1) is 0 Å². The molecule has 7 heteroatoms. The van der Waals surface area contributed by atoms with Gasteiger partial charge in [-0.1, -0.05) is 65.1 Å². The van der Waals surface area contributed by atoms with E-state index in [1.54, 1.807) is 60.7 Å². The molecule has 0 spiro atoms. The van der Waals surface area contributed by atoms with Crippen molar-refractivity contribution in [1.29, 1.82) is 5.26 Å². The number of ether oxygens (including phenoxy) is 1. The molecule has 0 bridgehead atoms. The highest BCUT2D eigenvalue weighted by atomic mass is 35.5. The summed E-state index contributed by atoms with van der Waals surface area (Å²) in [6.45, 7) is 2.05. The van der Waals surface area contributed by atoms with Crippen LogP contribution >= 0.6 is 34.8 Å². The summed E-state index contributed by atoms with van der Waals surface area (Å²) >= 11 is 18.1. The van der Waals surface area contributed by atoms with Crippen molar-refractivity contribution in [2.45, 2.75) is 13.5 Å². The minimum Gasteiger partial charge on any atom is -0.488 e. The summed E-state index contributed by atoms with van der Waals surface area (Å²) in [4.78, 5) is 12.7. The van der Waals surface area contributed by atoms with Crippen LogP contribution in [0.1, 0.15) is 16.7 Å². The summed E-state index contributed by atoms with van der Waals surface area (Å²) in [5.74, 6) is -0.0311. The van der Waals surface area contributed by atoms with Crippen LogP contribution in [0, 0.1) is 18.3 Å². The SMILES string of the molecule is Cc1ccc(Cl)cc1NC(=O)/C(C#N)=C/c1ccccc1OCc1ccc(Cl)cc1Cl. The van der Waals surface area contributed by atoms with Gasteiger partial charge in [-0.3, -0.25) is 4.79 Å². The van der Waals surface area contributed by atoms with Crippen LogP contribution in [-0.4, -0.2) is 5.91 Å². The molecule has 0 aliphatic heterocycles. The third kappa shape index (κ3) is 6.02. The van der Waals surface area contributed by atoms with Gasteiger partial charge in [0.1, 0.15) is 24.0 Å². The minimum absolute atomic E-state index is 0.0695. The lowest BCUT2D eigenvalue weighted by molar-refractivity contribution is -0.112. The molecule has 1 amide bonds. The Hall–Kier alpha value is -2.97. The van der Waals surface area contributed by atoms with Crippen LogP contribution in [0.3, 0.4) is 0 Å². The molecule has 0 aliphatic rings. The van der Waals surface area contributed by atoms with Gasteiger partial charge < -0.3 is 10.1 Å². The number of nitrogens with one attached hydrogen (secondary N) is 1. The van der Waals surface area contributed by atoms with Crippen LogP contribution in [-0.2, 0) is 11.4 Å². The average Bonchev–Trinajstić information content (AvgIpc) is 2.74. The van der Waals surface area contributed by atoms with Crippen LogP contribution in [0.5, 0.6) is 5.75 Å². The van der Waals surface area contributed by atoms with Crippen molar-refractivity contribution < 1.29 is 9.53 Å². The second-order valence-electron chi connectivity index (χ2n) is 6.65. The van der Waals surface area contributed by atoms with Crippen molar-refractivity contribution in [2.75, 3.05) is 5.32 Å². The maximum absolute atomic E-state index is 12.7. The van der Waals surface area contributed by atoms with Gasteiger partial charge in [0, 0.05) is 31.9 Å². The Morgan fingerprint density at radius 1 is 1.06 bits per heavy atom. The van der Waals surface area contributed by atoms with Gasteiger partial charge in [0.2, 0.25) is 0 Å². The van der Waals surface area contributed by atoms with Gasteiger partial charge in [0.25, 0.3) is 5.91 Å². The van der Waals surface area contributed by atoms with E-state index in [9.17, 15) is 10.1 Å². The molecule has 0 unspecified atom stereocenters. The number of para-hydroxylation sites is 1. The lowest BCUT2D eigenvalue weighted by Crippen LogP contribution is -2.14. The van der Waals surface area contributed by atoms with E-state index in [2.05, 4.69) is 5.32 Å². The number of rotatable bonds is 6. The molecular weight excluding hydrogens is 455 g/mol. The van der Waals surface area contributed by atoms with E-state index >= 15 is 0 Å². The van der Waals surface area contributed by atoms with Crippen LogP contribution in [0.25, 0.3) is 6.08 Å². The van der Waals surface area contributed by atoms with Gasteiger partial charge in [-0.2, -0.15) is 5.26 Å². The maximum Gasteiger partial charge on any atom is 0.266 e. The second kappa shape index (κ2) is 10.4. The summed E-state index contributed by atoms with van der Waals surface area (Å²) in [6, 6.07) is 19.4. The summed E-state index contributed by atoms with van der Waals surface area (Å²) in [7, 11) is 0. The molecular formula is C24H17Cl3N2O2. The van der Waals surface area contributed by atoms with Gasteiger partial charge in [0.15, 0.2) is 0 Å². The van der Waals surface area contributed by atoms with Crippen molar-refractivity contribution in [2.24, 2.45) is 0 Å². The summed E-state index contributed by atoms with van der Waals surface area (Å²) in [5.41, 5.74) is 2.65. The van der Waals surface area contributed by atoms with E-state index in [1.165, 1.54) is 6.08 Å². The smallest absolute Gasteiger partial charge is 0.266 e. The molecule has 0 atom stereocenters. The number of anilines is 1. The van der Waals surface area contributed by atoms with Crippen molar-refractivity contribution in [3.8, 4) is 11.8 Å². The van der Waals surface area contributed by atoms with Gasteiger partial charge >= 0.3 is 0 Å². The van der Waals surface area contributed by atoms with Gasteiger partial charge in [-0.25, -0.2) is 0 Å². The van der Waals surface area contributed by atoms with Crippen LogP contribution < -0.4 is 10.1 Å². The first-order valence-corrected chi connectivity index (χ1v) is 10.4. The molecule has 0 saturated heterocycles. The quantitative estimate of drug-likeness (QED) is 0.308. The Morgan fingerprint density at radius 3 is 2.52 bits per heavy atom. The zero-order chi connectivity index (χ0) is 22.4. The van der Waals surface area contributed by atoms with E-state index in [0.717, 1.165) is 11.1 Å². The zero-order valence-electron chi connectivity index (χ0n) is 16.5. The number of halogens is 3. The normalized spacial score (nSPS) is 11.0. The van der Waals surface area contributed by atoms with Crippen LogP contribution in [0.4, 0.5) is 5.69 Å². The molecule has 1 N–H and O–H groups in total. The Morgan fingerprint density at radius 2 is 1.77 bits per heavy atom. The highest BCUT2D eigenvalue weighted by Gasteiger charge is 2.13. The highest BCUT2D eigenvalue weighted by Crippen LogP contribution is 2.26. The second-order valence-corrected chi connectivity index (χ2v) is 7.93. The number of nitriles is 1. The third-order valence-electron chi connectivity index (χ3n) is 4.43. The number of nitrogens with zero attached hydrogens (tertiary/aromatic N) is 1. The van der Waals surface area contributed by atoms with Crippen LogP contribution in [0.15, 0.2) is 66.2 Å². The largest absolute Gasteiger partial charge is 0.488 e. The average molecular weight is 472 g/mol. The summed E-state index contributed by atoms with van der Waals surface area (Å²) in [6.07, 6.45) is 1.48. The highest BCUT2D eigenvalue weighted by molar-refractivity contribution is 6.35. The van der Waals surface area contributed by atoms with Crippen LogP contribution in [0.2, 0.25) is 15.1 Å². The first-order valence-electron chi connectivity index (χ1n) is 9.22. The van der Waals surface area contributed by atoms with E-state index < -0.39 is 5.91 Å². The van der Waals surface area contributed by atoms with Crippen molar-refractivity contribution in [3.63, 3.8) is 0 Å². The molecule has 0 radical (unpaired) electrons. The molecule has 3 aromatic rings. The lowest BCUT2D eigenvalue weighted by Gasteiger charge is -2.11. The van der Waals surface area contributed by atoms with E-state index in [1.807, 2.05) is 13.0 Å². The number of carbonyl (C=O) groups excluding carboxylic acids is 1. The summed E-state index contributed by atoms with van der Waals surface area (Å²) < 4.78 is 5.89. The van der Waals surface area contributed by atoms with Crippen molar-refractivity contribution in [3.05, 3.63) is 98.0 Å². The number of hydrogen-bond donors (Lipinski definition) is 1. The number of hydrogen-bond acceptors (Lipinski definition) is 3. The Kier molecular flexibility index (Phi) is 7.59. The number of aryl methyl sites for hydroxylation is 1. The lowest BCUT2D eigenvalue weighted by atomic mass is 10.1. The molecule has 0 aromatic heterocycles. The first-order chi connectivity index (χ1) is 14.9. The molecule has 31 heavy (non-hydrogen) atoms. The fourth-order valence-electron chi connectivity index (χ4n) is 2.75. The fraction of sp³-hybridized carbons (Fsp3) is 0.0833. The Labute approximate surface area is 195 Å². The topological polar surface area (TPSA) is 62.1 Å². The maximum atomic E-state index is 12.7. The predicted octanol–water partition coefficient (Wildman–Crippen LogP) is 7.08. The Balaban J connectivity index is 1.82. The molecule has 0 aliphatic carbocycles. The number of benzene rings is 3. The van der Waals surface area contributed by atoms with E-state index in [4.69, 9.17) is 39.5 Å². The molecule has 0 heterocycles. The van der Waals surface area contributed by atoms with E-state index in [-0.39, 0.29) is 12.2 Å². The molecule has 156 valence electrons. The molecule has 3 aromatic carbocycles. The molecule has 3 rings (SSSR count). The third-order valence-corrected chi connectivity index (χ3v) is 5.25. The monoisotopic (exact) mass is 470 g/mol. The van der Waals surface area contributed by atoms with Crippen molar-refractivity contribution >= 4 is 52.5 Å². The zero-order valence-corrected chi connectivity index (χ0v) is 18.7. The molecule has 0 saturated carbocycles. The first kappa shape index (κ1) is 22.7. The predicted molar refractivity (Wildman–Crippen MR) is 126 cm³/mol. The van der Waals surface area contributed by atoms with Gasteiger partial charge in [-0.15, -0.1) is 0 Å². The summed E-state index contributed by atoms with van der Waals surface area (Å²) in [5, 5.41) is 13.8. The molecule has 0 fully saturated rings. The number of carbonyl (C=O) groups is 1. The minimum atomic E-state index is -0.539. The van der Waals surface area contributed by atoms with E-state index in [0.29, 0.717) is 32.1 Å². The standard InChI is InChI=1S/C24H17Cl3N2O2/c1-15-6-8-20(26)12-22(15)29-24(30)18(13-28)10-16-4-2-3-5-23(16)31-14-17-7-9-19(25)11-21(17)27/h2-12H,14H2,1H3,(H,29,30)/b18-10+.